The lowest BCUT2D eigenvalue weighted by atomic mass is 10.0. The lowest BCUT2D eigenvalue weighted by Gasteiger charge is -2.33. The Hall–Kier alpha value is -0.410. The van der Waals surface area contributed by atoms with Gasteiger partial charge in [0.25, 0.3) is 0 Å². The van der Waals surface area contributed by atoms with Crippen molar-refractivity contribution in [1.82, 2.24) is 10.2 Å². The molecule has 0 aromatic heterocycles. The van der Waals surface area contributed by atoms with Gasteiger partial charge in [-0.15, -0.1) is 0 Å². The first-order chi connectivity index (χ1) is 7.11. The van der Waals surface area contributed by atoms with Crippen LogP contribution in [0.2, 0.25) is 0 Å². The summed E-state index contributed by atoms with van der Waals surface area (Å²) >= 11 is 0. The summed E-state index contributed by atoms with van der Waals surface area (Å²) in [6.07, 6.45) is 1.76. The molecule has 1 aliphatic heterocycles. The van der Waals surface area contributed by atoms with E-state index in [0.717, 1.165) is 39.0 Å². The number of hydrogen-bond donors (Lipinski definition) is 1. The Morgan fingerprint density at radius 1 is 1.53 bits per heavy atom. The molecule has 0 saturated carbocycles. The molecule has 3 heteroatoms. The topological polar surface area (TPSA) is 32.3 Å². The van der Waals surface area contributed by atoms with Crippen LogP contribution in [0, 0.1) is 5.92 Å². The molecule has 1 aliphatic rings. The minimum Gasteiger partial charge on any atom is -0.314 e. The minimum absolute atomic E-state index is 0.199. The second-order valence-electron chi connectivity index (χ2n) is 4.81. The van der Waals surface area contributed by atoms with E-state index < -0.39 is 0 Å². The summed E-state index contributed by atoms with van der Waals surface area (Å²) in [6.45, 7) is 10.6. The molecule has 0 radical (unpaired) electrons. The molecule has 0 aromatic rings. The Labute approximate surface area is 93.2 Å². The van der Waals surface area contributed by atoms with Gasteiger partial charge in [0.15, 0.2) is 0 Å². The Balaban J connectivity index is 2.16. The third kappa shape index (κ3) is 4.31. The van der Waals surface area contributed by atoms with Gasteiger partial charge in [0.05, 0.1) is 0 Å². The summed E-state index contributed by atoms with van der Waals surface area (Å²) in [5.41, 5.74) is 0. The van der Waals surface area contributed by atoms with Gasteiger partial charge in [0, 0.05) is 38.0 Å². The number of ketones is 1. The molecule has 0 aliphatic carbocycles. The fourth-order valence-corrected chi connectivity index (χ4v) is 1.96. The van der Waals surface area contributed by atoms with Crippen LogP contribution in [0.5, 0.6) is 0 Å². The van der Waals surface area contributed by atoms with E-state index in [1.165, 1.54) is 0 Å². The lowest BCUT2D eigenvalue weighted by Crippen LogP contribution is -2.49. The highest BCUT2D eigenvalue weighted by atomic mass is 16.1. The van der Waals surface area contributed by atoms with E-state index in [9.17, 15) is 4.79 Å². The van der Waals surface area contributed by atoms with E-state index in [4.69, 9.17) is 0 Å². The van der Waals surface area contributed by atoms with Crippen molar-refractivity contribution in [2.24, 2.45) is 5.92 Å². The lowest BCUT2D eigenvalue weighted by molar-refractivity contribution is -0.122. The average molecular weight is 212 g/mol. The SMILES string of the molecule is CC(C)C(=O)CCCN1CCNCC1C. The molecule has 0 aromatic carbocycles. The van der Waals surface area contributed by atoms with Crippen LogP contribution in [0.1, 0.15) is 33.6 Å². The largest absolute Gasteiger partial charge is 0.314 e. The summed E-state index contributed by atoms with van der Waals surface area (Å²) in [5, 5.41) is 3.37. The first-order valence-corrected chi connectivity index (χ1v) is 6.08. The summed E-state index contributed by atoms with van der Waals surface area (Å²) in [6, 6.07) is 0.618. The second kappa shape index (κ2) is 6.23. The van der Waals surface area contributed by atoms with Crippen LogP contribution >= 0.6 is 0 Å². The van der Waals surface area contributed by atoms with Crippen molar-refractivity contribution in [1.29, 1.82) is 0 Å². The number of piperazine rings is 1. The van der Waals surface area contributed by atoms with Gasteiger partial charge in [-0.3, -0.25) is 9.69 Å². The van der Waals surface area contributed by atoms with Crippen LogP contribution in [0.25, 0.3) is 0 Å². The number of carbonyl (C=O) groups excluding carboxylic acids is 1. The number of nitrogens with one attached hydrogen (secondary N) is 1. The van der Waals surface area contributed by atoms with E-state index in [2.05, 4.69) is 17.1 Å². The molecular weight excluding hydrogens is 188 g/mol. The first-order valence-electron chi connectivity index (χ1n) is 6.08. The van der Waals surface area contributed by atoms with E-state index in [-0.39, 0.29) is 5.92 Å². The number of rotatable bonds is 5. The second-order valence-corrected chi connectivity index (χ2v) is 4.81. The smallest absolute Gasteiger partial charge is 0.135 e. The number of nitrogens with zero attached hydrogens (tertiary/aromatic N) is 1. The molecule has 1 rings (SSSR count). The summed E-state index contributed by atoms with van der Waals surface area (Å²) in [4.78, 5) is 13.9. The standard InChI is InChI=1S/C12H24N2O/c1-10(2)12(15)5-4-7-14-8-6-13-9-11(14)3/h10-11,13H,4-9H2,1-3H3. The van der Waals surface area contributed by atoms with Gasteiger partial charge in [-0.2, -0.15) is 0 Å². The van der Waals surface area contributed by atoms with Gasteiger partial charge in [0.1, 0.15) is 5.78 Å². The van der Waals surface area contributed by atoms with Crippen molar-refractivity contribution < 1.29 is 4.79 Å². The van der Waals surface area contributed by atoms with Gasteiger partial charge < -0.3 is 5.32 Å². The van der Waals surface area contributed by atoms with Gasteiger partial charge in [-0.1, -0.05) is 13.8 Å². The van der Waals surface area contributed by atoms with E-state index in [0.29, 0.717) is 11.8 Å². The van der Waals surface area contributed by atoms with Crippen LogP contribution in [-0.2, 0) is 4.79 Å². The van der Waals surface area contributed by atoms with Crippen LogP contribution in [0.15, 0.2) is 0 Å². The Kier molecular flexibility index (Phi) is 5.26. The van der Waals surface area contributed by atoms with Crippen molar-refractivity contribution in [3.8, 4) is 0 Å². The molecule has 1 saturated heterocycles. The highest BCUT2D eigenvalue weighted by molar-refractivity contribution is 5.80. The molecule has 3 nitrogen and oxygen atoms in total. The monoisotopic (exact) mass is 212 g/mol. The number of carbonyl (C=O) groups is 1. The highest BCUT2D eigenvalue weighted by Gasteiger charge is 2.17. The quantitative estimate of drug-likeness (QED) is 0.745. The molecule has 0 spiro atoms. The minimum atomic E-state index is 0.199. The first kappa shape index (κ1) is 12.7. The fourth-order valence-electron chi connectivity index (χ4n) is 1.96. The maximum Gasteiger partial charge on any atom is 0.135 e. The third-order valence-electron chi connectivity index (χ3n) is 3.15. The van der Waals surface area contributed by atoms with Gasteiger partial charge >= 0.3 is 0 Å². The van der Waals surface area contributed by atoms with E-state index in [1.807, 2.05) is 13.8 Å². The molecule has 1 fully saturated rings. The van der Waals surface area contributed by atoms with Crippen molar-refractivity contribution in [3.63, 3.8) is 0 Å². The van der Waals surface area contributed by atoms with Gasteiger partial charge in [-0.25, -0.2) is 0 Å². The number of Topliss-reactive ketones (excluding diaryl/α,β-unsaturated/α-hetero) is 1. The predicted molar refractivity (Wildman–Crippen MR) is 63.0 cm³/mol. The van der Waals surface area contributed by atoms with Crippen molar-refractivity contribution in [2.45, 2.75) is 39.7 Å². The van der Waals surface area contributed by atoms with Gasteiger partial charge in [0.2, 0.25) is 0 Å². The van der Waals surface area contributed by atoms with Gasteiger partial charge in [-0.05, 0) is 19.9 Å². The Morgan fingerprint density at radius 3 is 2.87 bits per heavy atom. The van der Waals surface area contributed by atoms with Crippen LogP contribution in [0.3, 0.4) is 0 Å². The summed E-state index contributed by atoms with van der Waals surface area (Å²) in [5.74, 6) is 0.600. The zero-order chi connectivity index (χ0) is 11.3. The molecule has 1 atom stereocenters. The zero-order valence-electron chi connectivity index (χ0n) is 10.3. The molecule has 88 valence electrons. The van der Waals surface area contributed by atoms with Crippen molar-refractivity contribution in [3.05, 3.63) is 0 Å². The van der Waals surface area contributed by atoms with E-state index in [1.54, 1.807) is 0 Å². The highest BCUT2D eigenvalue weighted by Crippen LogP contribution is 2.07. The summed E-state index contributed by atoms with van der Waals surface area (Å²) in [7, 11) is 0. The molecule has 1 N–H and O–H groups in total. The van der Waals surface area contributed by atoms with Crippen LogP contribution < -0.4 is 5.32 Å². The van der Waals surface area contributed by atoms with E-state index >= 15 is 0 Å². The zero-order valence-corrected chi connectivity index (χ0v) is 10.3. The van der Waals surface area contributed by atoms with Crippen LogP contribution in [0.4, 0.5) is 0 Å². The predicted octanol–water partition coefficient (Wildman–Crippen LogP) is 1.29. The van der Waals surface area contributed by atoms with Crippen molar-refractivity contribution in [2.75, 3.05) is 26.2 Å². The molecule has 1 heterocycles. The maximum atomic E-state index is 11.4. The fraction of sp³-hybridized carbons (Fsp3) is 0.917. The Bertz CT molecular complexity index is 204. The molecular formula is C12H24N2O. The normalized spacial score (nSPS) is 23.3. The molecule has 15 heavy (non-hydrogen) atoms. The third-order valence-corrected chi connectivity index (χ3v) is 3.15. The average Bonchev–Trinajstić information content (AvgIpc) is 2.20. The van der Waals surface area contributed by atoms with Crippen LogP contribution in [-0.4, -0.2) is 42.9 Å². The summed E-state index contributed by atoms with van der Waals surface area (Å²) < 4.78 is 0. The molecule has 1 unspecified atom stereocenters. The Morgan fingerprint density at radius 2 is 2.27 bits per heavy atom. The number of hydrogen-bond acceptors (Lipinski definition) is 3. The maximum absolute atomic E-state index is 11.4. The molecule has 0 amide bonds. The molecule has 0 bridgehead atoms. The van der Waals surface area contributed by atoms with Crippen molar-refractivity contribution >= 4 is 5.78 Å².